The van der Waals surface area contributed by atoms with Gasteiger partial charge in [-0.3, -0.25) is 4.79 Å². The first kappa shape index (κ1) is 17.9. The summed E-state index contributed by atoms with van der Waals surface area (Å²) in [4.78, 5) is 13.2. The maximum Gasteiger partial charge on any atom is 0.240 e. The number of likely N-dealkylation sites (N-methyl/N-ethyl adjacent to an activating group) is 1. The Hall–Kier alpha value is -1.44. The minimum absolute atomic E-state index is 0.0514. The zero-order chi connectivity index (χ0) is 17.0. The first-order valence-electron chi connectivity index (χ1n) is 7.82. The maximum absolute atomic E-state index is 12.5. The van der Waals surface area contributed by atoms with Crippen molar-refractivity contribution in [1.82, 2.24) is 14.9 Å². The van der Waals surface area contributed by atoms with E-state index >= 15 is 0 Å². The lowest BCUT2D eigenvalue weighted by Gasteiger charge is -2.16. The molecule has 0 saturated carbocycles. The summed E-state index contributed by atoms with van der Waals surface area (Å²) in [5.74, 6) is 0.232. The number of likely N-dealkylation sites (tertiary alicyclic amines) is 1. The Morgan fingerprint density at radius 3 is 2.43 bits per heavy atom. The fourth-order valence-corrected chi connectivity index (χ4v) is 4.18. The zero-order valence-electron chi connectivity index (χ0n) is 13.9. The molecule has 0 bridgehead atoms. The summed E-state index contributed by atoms with van der Waals surface area (Å²) in [5, 5.41) is 2.72. The van der Waals surface area contributed by atoms with Crippen LogP contribution in [0.15, 0.2) is 29.2 Å². The van der Waals surface area contributed by atoms with Crippen molar-refractivity contribution in [1.29, 1.82) is 0 Å². The Labute approximate surface area is 138 Å². The summed E-state index contributed by atoms with van der Waals surface area (Å²) < 4.78 is 27.7. The van der Waals surface area contributed by atoms with Gasteiger partial charge < -0.3 is 10.2 Å². The third-order valence-corrected chi connectivity index (χ3v) is 5.63. The predicted octanol–water partition coefficient (Wildman–Crippen LogP) is 0.594. The van der Waals surface area contributed by atoms with Crippen LogP contribution in [0.4, 0.5) is 0 Å². The number of carbonyl (C=O) groups excluding carboxylic acids is 1. The highest BCUT2D eigenvalue weighted by atomic mass is 32.2. The Morgan fingerprint density at radius 2 is 1.91 bits per heavy atom. The van der Waals surface area contributed by atoms with Crippen molar-refractivity contribution in [2.75, 3.05) is 26.7 Å². The van der Waals surface area contributed by atoms with Crippen LogP contribution in [0.25, 0.3) is 0 Å². The van der Waals surface area contributed by atoms with E-state index in [0.717, 1.165) is 18.7 Å². The minimum atomic E-state index is -3.50. The second-order valence-electron chi connectivity index (χ2n) is 6.30. The summed E-state index contributed by atoms with van der Waals surface area (Å²) in [7, 11) is -1.50. The minimum Gasteiger partial charge on any atom is -0.356 e. The van der Waals surface area contributed by atoms with Crippen LogP contribution in [-0.4, -0.2) is 51.9 Å². The molecule has 6 nitrogen and oxygen atoms in total. The van der Waals surface area contributed by atoms with E-state index in [2.05, 4.69) is 21.9 Å². The molecule has 0 aliphatic carbocycles. The average Bonchev–Trinajstić information content (AvgIpc) is 2.76. The van der Waals surface area contributed by atoms with E-state index < -0.39 is 10.0 Å². The van der Waals surface area contributed by atoms with Gasteiger partial charge >= 0.3 is 0 Å². The molecule has 0 unspecified atom stereocenters. The molecule has 1 aromatic rings. The van der Waals surface area contributed by atoms with Crippen LogP contribution in [0.5, 0.6) is 0 Å². The van der Waals surface area contributed by atoms with Gasteiger partial charge in [0.15, 0.2) is 0 Å². The van der Waals surface area contributed by atoms with Gasteiger partial charge in [0.25, 0.3) is 0 Å². The van der Waals surface area contributed by atoms with Gasteiger partial charge in [0.2, 0.25) is 15.9 Å². The van der Waals surface area contributed by atoms with Gasteiger partial charge in [0.1, 0.15) is 0 Å². The van der Waals surface area contributed by atoms with Crippen LogP contribution in [-0.2, 0) is 21.2 Å². The summed E-state index contributed by atoms with van der Waals surface area (Å²) in [5.41, 5.74) is 0.992. The Kier molecular flexibility index (Phi) is 5.78. The standard InChI is InChI=1S/C16H25N3O3S/c1-12-10-19(3)11-16(12)18-23(21,22)15-6-4-14(5-7-15)8-9-17-13(2)20/h4-7,12,16,18H,8-11H2,1-3H3,(H,17,20)/t12-,16-/m1/s1. The molecule has 0 spiro atoms. The van der Waals surface area contributed by atoms with Crippen LogP contribution >= 0.6 is 0 Å². The molecule has 1 fully saturated rings. The fraction of sp³-hybridized carbons (Fsp3) is 0.562. The van der Waals surface area contributed by atoms with E-state index in [1.54, 1.807) is 24.3 Å². The molecule has 1 amide bonds. The third kappa shape index (κ3) is 5.02. The Bertz CT molecular complexity index is 643. The number of nitrogens with one attached hydrogen (secondary N) is 2. The van der Waals surface area contributed by atoms with E-state index in [4.69, 9.17) is 0 Å². The first-order chi connectivity index (χ1) is 10.8. The zero-order valence-corrected chi connectivity index (χ0v) is 14.7. The van der Waals surface area contributed by atoms with Crippen molar-refractivity contribution in [3.63, 3.8) is 0 Å². The highest BCUT2D eigenvalue weighted by Gasteiger charge is 2.31. The fourth-order valence-electron chi connectivity index (χ4n) is 2.85. The van der Waals surface area contributed by atoms with Crippen molar-refractivity contribution >= 4 is 15.9 Å². The quantitative estimate of drug-likeness (QED) is 0.795. The third-order valence-electron chi connectivity index (χ3n) is 4.12. The van der Waals surface area contributed by atoms with Crippen molar-refractivity contribution < 1.29 is 13.2 Å². The lowest BCUT2D eigenvalue weighted by Crippen LogP contribution is -2.39. The van der Waals surface area contributed by atoms with E-state index in [-0.39, 0.29) is 16.8 Å². The molecule has 0 radical (unpaired) electrons. The molecule has 23 heavy (non-hydrogen) atoms. The molecule has 128 valence electrons. The van der Waals surface area contributed by atoms with Gasteiger partial charge in [0.05, 0.1) is 4.90 Å². The number of benzene rings is 1. The van der Waals surface area contributed by atoms with Crippen molar-refractivity contribution in [3.8, 4) is 0 Å². The van der Waals surface area contributed by atoms with Crippen molar-refractivity contribution in [3.05, 3.63) is 29.8 Å². The molecule has 1 aliphatic rings. The smallest absolute Gasteiger partial charge is 0.240 e. The number of hydrogen-bond donors (Lipinski definition) is 2. The number of rotatable bonds is 6. The molecule has 1 aliphatic heterocycles. The summed E-state index contributed by atoms with van der Waals surface area (Å²) in [6, 6.07) is 6.77. The normalized spacial score (nSPS) is 22.2. The number of nitrogens with zero attached hydrogens (tertiary/aromatic N) is 1. The lowest BCUT2D eigenvalue weighted by molar-refractivity contribution is -0.118. The molecule has 0 aromatic heterocycles. The van der Waals surface area contributed by atoms with Gasteiger partial charge in [-0.2, -0.15) is 0 Å². The number of hydrogen-bond acceptors (Lipinski definition) is 4. The predicted molar refractivity (Wildman–Crippen MR) is 89.6 cm³/mol. The van der Waals surface area contributed by atoms with Gasteiger partial charge in [-0.05, 0) is 37.1 Å². The van der Waals surface area contributed by atoms with Crippen LogP contribution in [0, 0.1) is 5.92 Å². The SMILES string of the molecule is CC(=O)NCCc1ccc(S(=O)(=O)N[C@@H]2CN(C)C[C@H]2C)cc1. The molecule has 7 heteroatoms. The molecule has 1 saturated heterocycles. The first-order valence-corrected chi connectivity index (χ1v) is 9.30. The monoisotopic (exact) mass is 339 g/mol. The van der Waals surface area contributed by atoms with Crippen LogP contribution in [0.3, 0.4) is 0 Å². The van der Waals surface area contributed by atoms with Crippen LogP contribution in [0.1, 0.15) is 19.4 Å². The van der Waals surface area contributed by atoms with Gasteiger partial charge in [-0.15, -0.1) is 0 Å². The van der Waals surface area contributed by atoms with Crippen LogP contribution in [0.2, 0.25) is 0 Å². The molecule has 2 rings (SSSR count). The second-order valence-corrected chi connectivity index (χ2v) is 8.02. The Morgan fingerprint density at radius 1 is 1.26 bits per heavy atom. The van der Waals surface area contributed by atoms with E-state index in [9.17, 15) is 13.2 Å². The van der Waals surface area contributed by atoms with Gasteiger partial charge in [-0.25, -0.2) is 13.1 Å². The van der Waals surface area contributed by atoms with Crippen molar-refractivity contribution in [2.24, 2.45) is 5.92 Å². The molecule has 2 atom stereocenters. The summed E-state index contributed by atoms with van der Waals surface area (Å²) in [6.45, 7) is 5.71. The van der Waals surface area contributed by atoms with E-state index in [0.29, 0.717) is 18.9 Å². The van der Waals surface area contributed by atoms with E-state index in [1.807, 2.05) is 7.05 Å². The molecular weight excluding hydrogens is 314 g/mol. The van der Waals surface area contributed by atoms with Crippen LogP contribution < -0.4 is 10.0 Å². The summed E-state index contributed by atoms with van der Waals surface area (Å²) >= 11 is 0. The molecule has 2 N–H and O–H groups in total. The number of carbonyl (C=O) groups is 1. The molecule has 1 heterocycles. The lowest BCUT2D eigenvalue weighted by atomic mass is 10.1. The molecular formula is C16H25N3O3S. The van der Waals surface area contributed by atoms with E-state index in [1.165, 1.54) is 6.92 Å². The van der Waals surface area contributed by atoms with Crippen molar-refractivity contribution in [2.45, 2.75) is 31.2 Å². The largest absolute Gasteiger partial charge is 0.356 e. The molecule has 1 aromatic carbocycles. The highest BCUT2D eigenvalue weighted by molar-refractivity contribution is 7.89. The topological polar surface area (TPSA) is 78.5 Å². The van der Waals surface area contributed by atoms with Gasteiger partial charge in [-0.1, -0.05) is 19.1 Å². The number of amides is 1. The highest BCUT2D eigenvalue weighted by Crippen LogP contribution is 2.18. The maximum atomic E-state index is 12.5. The second kappa shape index (κ2) is 7.42. The average molecular weight is 339 g/mol. The Balaban J connectivity index is 1.98. The number of sulfonamides is 1. The van der Waals surface area contributed by atoms with Gasteiger partial charge in [0, 0.05) is 32.6 Å². The summed E-state index contributed by atoms with van der Waals surface area (Å²) in [6.07, 6.45) is 0.678.